The Morgan fingerprint density at radius 1 is 0.893 bits per heavy atom. The second-order valence-corrected chi connectivity index (χ2v) is 7.84. The maximum atomic E-state index is 12.5. The smallest absolute Gasteiger partial charge is 0.262 e. The molecule has 1 aliphatic carbocycles. The first kappa shape index (κ1) is 17.3. The summed E-state index contributed by atoms with van der Waals surface area (Å²) in [5.41, 5.74) is 3.56. The third-order valence-electron chi connectivity index (χ3n) is 5.34. The van der Waals surface area contributed by atoms with Crippen molar-refractivity contribution in [2.75, 3.05) is 11.9 Å². The predicted octanol–water partition coefficient (Wildman–Crippen LogP) is 5.87. The van der Waals surface area contributed by atoms with Crippen LogP contribution in [0.5, 0.6) is 5.75 Å². The highest BCUT2D eigenvalue weighted by molar-refractivity contribution is 9.10. The van der Waals surface area contributed by atoms with E-state index in [1.54, 1.807) is 0 Å². The Kier molecular flexibility index (Phi) is 4.29. The van der Waals surface area contributed by atoms with Crippen molar-refractivity contribution < 1.29 is 9.53 Å². The number of amides is 1. The van der Waals surface area contributed by atoms with Gasteiger partial charge in [-0.1, -0.05) is 54.6 Å². The number of hydrogen-bond donors (Lipinski definition) is 1. The molecule has 0 saturated heterocycles. The third kappa shape index (κ3) is 2.94. The van der Waals surface area contributed by atoms with Crippen LogP contribution in [-0.4, -0.2) is 12.5 Å². The fourth-order valence-electron chi connectivity index (χ4n) is 4.01. The molecule has 0 saturated carbocycles. The number of benzene rings is 4. The molecule has 0 aliphatic heterocycles. The van der Waals surface area contributed by atoms with E-state index < -0.39 is 0 Å². The van der Waals surface area contributed by atoms with Crippen molar-refractivity contribution in [3.05, 3.63) is 82.3 Å². The zero-order chi connectivity index (χ0) is 19.1. The molecule has 5 rings (SSSR count). The SMILES string of the molecule is O=C(COc1ccc2ccccc2c1Br)Nc1ccc2c3c(cccc13)CC2. The summed E-state index contributed by atoms with van der Waals surface area (Å²) in [6.45, 7) is -0.0418. The van der Waals surface area contributed by atoms with E-state index in [0.717, 1.165) is 39.2 Å². The highest BCUT2D eigenvalue weighted by atomic mass is 79.9. The van der Waals surface area contributed by atoms with Crippen LogP contribution in [0.4, 0.5) is 5.69 Å². The van der Waals surface area contributed by atoms with E-state index in [2.05, 4.69) is 45.5 Å². The lowest BCUT2D eigenvalue weighted by Crippen LogP contribution is -2.20. The number of carbonyl (C=O) groups is 1. The average Bonchev–Trinajstić information content (AvgIpc) is 3.14. The van der Waals surface area contributed by atoms with Gasteiger partial charge in [-0.05, 0) is 68.2 Å². The van der Waals surface area contributed by atoms with Gasteiger partial charge in [0.15, 0.2) is 6.61 Å². The zero-order valence-corrected chi connectivity index (χ0v) is 16.8. The quantitative estimate of drug-likeness (QED) is 0.438. The van der Waals surface area contributed by atoms with Crippen LogP contribution in [-0.2, 0) is 17.6 Å². The lowest BCUT2D eigenvalue weighted by atomic mass is 10.0. The lowest BCUT2D eigenvalue weighted by molar-refractivity contribution is -0.118. The van der Waals surface area contributed by atoms with Crippen LogP contribution in [0.3, 0.4) is 0 Å². The molecule has 1 N–H and O–H groups in total. The summed E-state index contributed by atoms with van der Waals surface area (Å²) in [6.07, 6.45) is 2.15. The Hall–Kier alpha value is -2.85. The largest absolute Gasteiger partial charge is 0.483 e. The highest BCUT2D eigenvalue weighted by Gasteiger charge is 2.17. The van der Waals surface area contributed by atoms with Crippen LogP contribution in [0, 0.1) is 0 Å². The molecule has 138 valence electrons. The van der Waals surface area contributed by atoms with Crippen LogP contribution in [0.2, 0.25) is 0 Å². The summed E-state index contributed by atoms with van der Waals surface area (Å²) >= 11 is 3.60. The van der Waals surface area contributed by atoms with Crippen LogP contribution < -0.4 is 10.1 Å². The summed E-state index contributed by atoms with van der Waals surface area (Å²) in [6, 6.07) is 22.4. The van der Waals surface area contributed by atoms with Crippen LogP contribution >= 0.6 is 15.9 Å². The molecule has 3 nitrogen and oxygen atoms in total. The molecule has 1 amide bonds. The summed E-state index contributed by atoms with van der Waals surface area (Å²) in [4.78, 5) is 12.5. The van der Waals surface area contributed by atoms with Gasteiger partial charge in [0.1, 0.15) is 5.75 Å². The molecule has 0 bridgehead atoms. The molecular weight excluding hydrogens is 414 g/mol. The van der Waals surface area contributed by atoms with E-state index in [-0.39, 0.29) is 12.5 Å². The van der Waals surface area contributed by atoms with E-state index in [4.69, 9.17) is 4.74 Å². The fraction of sp³-hybridized carbons (Fsp3) is 0.125. The van der Waals surface area contributed by atoms with E-state index in [1.165, 1.54) is 16.5 Å². The molecule has 28 heavy (non-hydrogen) atoms. The molecular formula is C24H18BrNO2. The Balaban J connectivity index is 1.35. The van der Waals surface area contributed by atoms with Gasteiger partial charge in [0.2, 0.25) is 0 Å². The molecule has 0 aromatic heterocycles. The van der Waals surface area contributed by atoms with Crippen molar-refractivity contribution in [1.29, 1.82) is 0 Å². The third-order valence-corrected chi connectivity index (χ3v) is 6.16. The Morgan fingerprint density at radius 2 is 1.68 bits per heavy atom. The average molecular weight is 432 g/mol. The highest BCUT2D eigenvalue weighted by Crippen LogP contribution is 2.35. The van der Waals surface area contributed by atoms with Gasteiger partial charge in [-0.15, -0.1) is 0 Å². The molecule has 0 spiro atoms. The van der Waals surface area contributed by atoms with Gasteiger partial charge >= 0.3 is 0 Å². The minimum Gasteiger partial charge on any atom is -0.483 e. The number of hydrogen-bond acceptors (Lipinski definition) is 2. The van der Waals surface area contributed by atoms with Gasteiger partial charge in [-0.25, -0.2) is 0 Å². The number of anilines is 1. The molecule has 0 heterocycles. The maximum Gasteiger partial charge on any atom is 0.262 e. The summed E-state index contributed by atoms with van der Waals surface area (Å²) in [7, 11) is 0. The minimum absolute atomic E-state index is 0.0418. The van der Waals surface area contributed by atoms with Crippen molar-refractivity contribution in [3.63, 3.8) is 0 Å². The van der Waals surface area contributed by atoms with E-state index in [1.807, 2.05) is 42.5 Å². The van der Waals surface area contributed by atoms with Gasteiger partial charge in [0.25, 0.3) is 5.91 Å². The van der Waals surface area contributed by atoms with Crippen molar-refractivity contribution in [2.45, 2.75) is 12.8 Å². The number of aryl methyl sites for hydroxylation is 2. The van der Waals surface area contributed by atoms with Crippen LogP contribution in [0.1, 0.15) is 11.1 Å². The van der Waals surface area contributed by atoms with Crippen molar-refractivity contribution >= 4 is 49.1 Å². The summed E-state index contributed by atoms with van der Waals surface area (Å²) < 4.78 is 6.66. The summed E-state index contributed by atoms with van der Waals surface area (Å²) in [5, 5.41) is 7.60. The maximum absolute atomic E-state index is 12.5. The van der Waals surface area contributed by atoms with E-state index in [9.17, 15) is 4.79 Å². The first-order valence-corrected chi connectivity index (χ1v) is 10.1. The molecule has 1 aliphatic rings. The van der Waals surface area contributed by atoms with Gasteiger partial charge in [-0.2, -0.15) is 0 Å². The van der Waals surface area contributed by atoms with Gasteiger partial charge in [-0.3, -0.25) is 4.79 Å². The minimum atomic E-state index is -0.168. The fourth-order valence-corrected chi connectivity index (χ4v) is 4.62. The number of fused-ring (bicyclic) bond motifs is 1. The van der Waals surface area contributed by atoms with Crippen molar-refractivity contribution in [1.82, 2.24) is 0 Å². The molecule has 4 aromatic carbocycles. The zero-order valence-electron chi connectivity index (χ0n) is 15.2. The van der Waals surface area contributed by atoms with E-state index >= 15 is 0 Å². The van der Waals surface area contributed by atoms with Crippen LogP contribution in [0.25, 0.3) is 21.5 Å². The first-order chi connectivity index (χ1) is 13.7. The monoisotopic (exact) mass is 431 g/mol. The molecule has 0 radical (unpaired) electrons. The van der Waals surface area contributed by atoms with Crippen molar-refractivity contribution in [2.24, 2.45) is 0 Å². The number of halogens is 1. The Labute approximate surface area is 171 Å². The number of carbonyl (C=O) groups excluding carboxylic acids is 1. The predicted molar refractivity (Wildman–Crippen MR) is 117 cm³/mol. The standard InChI is InChI=1S/C24H18BrNO2/c25-24-18-6-2-1-4-15(18)11-13-21(24)28-14-22(27)26-20-12-10-17-9-8-16-5-3-7-19(20)23(16)17/h1-7,10-13H,8-9,14H2,(H,26,27). The molecule has 0 unspecified atom stereocenters. The molecule has 4 aromatic rings. The molecule has 0 atom stereocenters. The Morgan fingerprint density at radius 3 is 2.57 bits per heavy atom. The topological polar surface area (TPSA) is 38.3 Å². The number of nitrogens with one attached hydrogen (secondary N) is 1. The number of ether oxygens (including phenoxy) is 1. The second-order valence-electron chi connectivity index (χ2n) is 7.05. The van der Waals surface area contributed by atoms with Crippen molar-refractivity contribution in [3.8, 4) is 5.75 Å². The first-order valence-electron chi connectivity index (χ1n) is 9.34. The van der Waals surface area contributed by atoms with Gasteiger partial charge in [0, 0.05) is 11.1 Å². The molecule has 4 heteroatoms. The lowest BCUT2D eigenvalue weighted by Gasteiger charge is -2.13. The summed E-state index contributed by atoms with van der Waals surface area (Å²) in [5.74, 6) is 0.494. The molecule has 0 fully saturated rings. The second kappa shape index (κ2) is 6.95. The van der Waals surface area contributed by atoms with Gasteiger partial charge in [0.05, 0.1) is 4.47 Å². The van der Waals surface area contributed by atoms with Gasteiger partial charge < -0.3 is 10.1 Å². The number of rotatable bonds is 4. The van der Waals surface area contributed by atoms with Crippen LogP contribution in [0.15, 0.2) is 71.2 Å². The Bertz CT molecular complexity index is 1220. The van der Waals surface area contributed by atoms with E-state index in [0.29, 0.717) is 5.75 Å². The normalized spacial score (nSPS) is 12.5.